The van der Waals surface area contributed by atoms with E-state index in [1.165, 1.54) is 44.9 Å². The fourth-order valence-electron chi connectivity index (χ4n) is 3.39. The third-order valence-electron chi connectivity index (χ3n) is 4.91. The summed E-state index contributed by atoms with van der Waals surface area (Å²) in [7, 11) is 0. The number of nitrogens with zero attached hydrogens (tertiary/aromatic N) is 1. The number of esters is 1. The summed E-state index contributed by atoms with van der Waals surface area (Å²) in [6.45, 7) is 2.00. The van der Waals surface area contributed by atoms with Crippen molar-refractivity contribution in [3.05, 3.63) is 0 Å². The van der Waals surface area contributed by atoms with Crippen LogP contribution in [0.2, 0.25) is 0 Å². The smallest absolute Gasteiger partial charge is 0.311 e. The largest absolute Gasteiger partial charge is 0.465 e. The van der Waals surface area contributed by atoms with Crippen molar-refractivity contribution in [3.8, 4) is 0 Å². The van der Waals surface area contributed by atoms with Crippen LogP contribution in [-0.4, -0.2) is 36.5 Å². The first kappa shape index (κ1) is 13.9. The van der Waals surface area contributed by atoms with E-state index in [-0.39, 0.29) is 17.8 Å². The Labute approximate surface area is 120 Å². The van der Waals surface area contributed by atoms with Crippen molar-refractivity contribution in [1.29, 1.82) is 0 Å². The third-order valence-corrected chi connectivity index (χ3v) is 4.91. The zero-order valence-corrected chi connectivity index (χ0v) is 12.2. The second-order valence-corrected chi connectivity index (χ2v) is 6.78. The molecule has 0 bridgehead atoms. The molecule has 3 aliphatic rings. The van der Waals surface area contributed by atoms with Gasteiger partial charge in [0, 0.05) is 19.5 Å². The Hall–Kier alpha value is -1.06. The SMILES string of the molecule is O=C(OCC1CCCCC1)[C@@H]1CC(=O)N(CC2CC2)C1. The number of hydrogen-bond acceptors (Lipinski definition) is 3. The highest BCUT2D eigenvalue weighted by Crippen LogP contribution is 2.32. The summed E-state index contributed by atoms with van der Waals surface area (Å²) in [5.74, 6) is 1.01. The molecule has 0 unspecified atom stereocenters. The van der Waals surface area contributed by atoms with Crippen LogP contribution in [0.3, 0.4) is 0 Å². The van der Waals surface area contributed by atoms with Crippen molar-refractivity contribution in [2.45, 2.75) is 51.4 Å². The van der Waals surface area contributed by atoms with Gasteiger partial charge in [0.1, 0.15) is 0 Å². The predicted octanol–water partition coefficient (Wildman–Crippen LogP) is 2.37. The maximum atomic E-state index is 12.1. The average Bonchev–Trinajstić information content (AvgIpc) is 3.21. The summed E-state index contributed by atoms with van der Waals surface area (Å²) >= 11 is 0. The Morgan fingerprint density at radius 3 is 2.55 bits per heavy atom. The molecule has 1 amide bonds. The minimum absolute atomic E-state index is 0.136. The van der Waals surface area contributed by atoms with Crippen molar-refractivity contribution in [1.82, 2.24) is 4.90 Å². The van der Waals surface area contributed by atoms with Crippen LogP contribution in [0.1, 0.15) is 51.4 Å². The molecule has 0 aromatic carbocycles. The van der Waals surface area contributed by atoms with E-state index in [4.69, 9.17) is 4.74 Å². The molecule has 2 saturated carbocycles. The van der Waals surface area contributed by atoms with Crippen molar-refractivity contribution < 1.29 is 14.3 Å². The van der Waals surface area contributed by atoms with Gasteiger partial charge in [0.25, 0.3) is 0 Å². The highest BCUT2D eigenvalue weighted by atomic mass is 16.5. The van der Waals surface area contributed by atoms with Gasteiger partial charge in [-0.3, -0.25) is 9.59 Å². The molecule has 3 rings (SSSR count). The minimum Gasteiger partial charge on any atom is -0.465 e. The molecule has 4 nitrogen and oxygen atoms in total. The number of likely N-dealkylation sites (tertiary alicyclic amines) is 1. The lowest BCUT2D eigenvalue weighted by Gasteiger charge is -2.22. The number of hydrogen-bond donors (Lipinski definition) is 0. The van der Waals surface area contributed by atoms with E-state index in [2.05, 4.69) is 0 Å². The monoisotopic (exact) mass is 279 g/mol. The molecule has 0 radical (unpaired) electrons. The van der Waals surface area contributed by atoms with Crippen LogP contribution >= 0.6 is 0 Å². The Morgan fingerprint density at radius 2 is 1.85 bits per heavy atom. The van der Waals surface area contributed by atoms with Crippen molar-refractivity contribution in [2.75, 3.05) is 19.7 Å². The van der Waals surface area contributed by atoms with E-state index in [1.807, 2.05) is 4.90 Å². The van der Waals surface area contributed by atoms with Crippen LogP contribution in [0.25, 0.3) is 0 Å². The first-order chi connectivity index (χ1) is 9.72. The molecule has 0 aromatic rings. The van der Waals surface area contributed by atoms with E-state index in [0.29, 0.717) is 31.4 Å². The summed E-state index contributed by atoms with van der Waals surface area (Å²) in [6.07, 6.45) is 9.04. The van der Waals surface area contributed by atoms with Gasteiger partial charge in [-0.15, -0.1) is 0 Å². The fourth-order valence-corrected chi connectivity index (χ4v) is 3.39. The van der Waals surface area contributed by atoms with Gasteiger partial charge in [0.05, 0.1) is 12.5 Å². The molecule has 0 spiro atoms. The number of amides is 1. The van der Waals surface area contributed by atoms with Gasteiger partial charge in [-0.1, -0.05) is 19.3 Å². The van der Waals surface area contributed by atoms with Gasteiger partial charge in [-0.25, -0.2) is 0 Å². The molecule has 3 fully saturated rings. The molecule has 1 saturated heterocycles. The maximum Gasteiger partial charge on any atom is 0.311 e. The average molecular weight is 279 g/mol. The molecule has 112 valence electrons. The Bertz CT molecular complexity index is 372. The van der Waals surface area contributed by atoms with Crippen LogP contribution in [0.5, 0.6) is 0 Å². The number of ether oxygens (including phenoxy) is 1. The summed E-state index contributed by atoms with van der Waals surface area (Å²) in [4.78, 5) is 25.8. The summed E-state index contributed by atoms with van der Waals surface area (Å²) in [5.41, 5.74) is 0. The van der Waals surface area contributed by atoms with Gasteiger partial charge >= 0.3 is 5.97 Å². The van der Waals surface area contributed by atoms with E-state index in [0.717, 1.165) is 6.54 Å². The van der Waals surface area contributed by atoms with E-state index in [9.17, 15) is 9.59 Å². The van der Waals surface area contributed by atoms with E-state index < -0.39 is 0 Å². The Kier molecular flexibility index (Phi) is 4.27. The molecule has 4 heteroatoms. The first-order valence-electron chi connectivity index (χ1n) is 8.17. The summed E-state index contributed by atoms with van der Waals surface area (Å²) in [5, 5.41) is 0. The molecule has 2 aliphatic carbocycles. The van der Waals surface area contributed by atoms with Gasteiger partial charge in [-0.05, 0) is 37.5 Å². The molecule has 0 aromatic heterocycles. The van der Waals surface area contributed by atoms with Gasteiger partial charge < -0.3 is 9.64 Å². The molecular weight excluding hydrogens is 254 g/mol. The zero-order valence-electron chi connectivity index (χ0n) is 12.2. The van der Waals surface area contributed by atoms with Crippen LogP contribution in [0.4, 0.5) is 0 Å². The highest BCUT2D eigenvalue weighted by molar-refractivity contribution is 5.86. The quantitative estimate of drug-likeness (QED) is 0.726. The van der Waals surface area contributed by atoms with Crippen LogP contribution in [0.15, 0.2) is 0 Å². The first-order valence-corrected chi connectivity index (χ1v) is 8.17. The number of rotatable bonds is 5. The van der Waals surface area contributed by atoms with Crippen LogP contribution in [0, 0.1) is 17.8 Å². The van der Waals surface area contributed by atoms with Crippen molar-refractivity contribution in [2.24, 2.45) is 17.8 Å². The molecular formula is C16H25NO3. The highest BCUT2D eigenvalue weighted by Gasteiger charge is 2.38. The third kappa shape index (κ3) is 3.53. The number of carbonyl (C=O) groups is 2. The van der Waals surface area contributed by atoms with Crippen molar-refractivity contribution in [3.63, 3.8) is 0 Å². The Morgan fingerprint density at radius 1 is 1.10 bits per heavy atom. The molecule has 1 atom stereocenters. The zero-order chi connectivity index (χ0) is 13.9. The van der Waals surface area contributed by atoms with Gasteiger partial charge in [-0.2, -0.15) is 0 Å². The molecule has 20 heavy (non-hydrogen) atoms. The second kappa shape index (κ2) is 6.15. The summed E-state index contributed by atoms with van der Waals surface area (Å²) < 4.78 is 5.46. The van der Waals surface area contributed by atoms with E-state index in [1.54, 1.807) is 0 Å². The molecule has 0 N–H and O–H groups in total. The van der Waals surface area contributed by atoms with Crippen LogP contribution in [-0.2, 0) is 14.3 Å². The lowest BCUT2D eigenvalue weighted by Crippen LogP contribution is -2.29. The van der Waals surface area contributed by atoms with Crippen molar-refractivity contribution >= 4 is 11.9 Å². The minimum atomic E-state index is -0.218. The normalized spacial score (nSPS) is 27.9. The predicted molar refractivity (Wildman–Crippen MR) is 74.9 cm³/mol. The van der Waals surface area contributed by atoms with Crippen LogP contribution < -0.4 is 0 Å². The van der Waals surface area contributed by atoms with Gasteiger partial charge in [0.2, 0.25) is 5.91 Å². The number of carbonyl (C=O) groups excluding carboxylic acids is 2. The van der Waals surface area contributed by atoms with E-state index >= 15 is 0 Å². The molecule has 1 heterocycles. The lowest BCUT2D eigenvalue weighted by atomic mass is 9.90. The second-order valence-electron chi connectivity index (χ2n) is 6.78. The standard InChI is InChI=1S/C16H25NO3/c18-15-8-14(10-17(15)9-12-6-7-12)16(19)20-11-13-4-2-1-3-5-13/h12-14H,1-11H2/t14-/m1/s1. The maximum absolute atomic E-state index is 12.1. The molecule has 1 aliphatic heterocycles. The lowest BCUT2D eigenvalue weighted by molar-refractivity contribution is -0.150. The Balaban J connectivity index is 1.41. The fraction of sp³-hybridized carbons (Fsp3) is 0.875. The summed E-state index contributed by atoms with van der Waals surface area (Å²) in [6, 6.07) is 0. The topological polar surface area (TPSA) is 46.6 Å². The van der Waals surface area contributed by atoms with Gasteiger partial charge in [0.15, 0.2) is 0 Å².